The summed E-state index contributed by atoms with van der Waals surface area (Å²) in [7, 11) is 0. The predicted molar refractivity (Wildman–Crippen MR) is 54.1 cm³/mol. The maximum Gasteiger partial charge on any atom is 0.115 e. The van der Waals surface area contributed by atoms with Gasteiger partial charge < -0.3 is 5.11 Å². The largest absolute Gasteiger partial charge is 0.508 e. The van der Waals surface area contributed by atoms with Crippen molar-refractivity contribution in [3.63, 3.8) is 0 Å². The third-order valence-electron chi connectivity index (χ3n) is 3.07. The normalized spacial score (nSPS) is 19.5. The van der Waals surface area contributed by atoms with E-state index in [1.807, 2.05) is 6.07 Å². The molecule has 0 unspecified atom stereocenters. The summed E-state index contributed by atoms with van der Waals surface area (Å²) in [4.78, 5) is 0. The first-order chi connectivity index (χ1) is 6.09. The predicted octanol–water partition coefficient (Wildman–Crippen LogP) is 3.01. The van der Waals surface area contributed by atoms with Gasteiger partial charge in [-0.1, -0.05) is 19.9 Å². The number of rotatable bonds is 0. The molecule has 0 heterocycles. The lowest BCUT2D eigenvalue weighted by molar-refractivity contribution is 0.426. The molecule has 0 saturated carbocycles. The molecule has 0 aliphatic heterocycles. The van der Waals surface area contributed by atoms with E-state index in [0.717, 1.165) is 6.42 Å². The molecule has 0 aromatic heterocycles. The zero-order valence-corrected chi connectivity index (χ0v) is 8.30. The van der Waals surface area contributed by atoms with Crippen molar-refractivity contribution in [3.8, 4) is 5.75 Å². The molecule has 1 aromatic rings. The van der Waals surface area contributed by atoms with E-state index in [2.05, 4.69) is 19.9 Å². The molecule has 0 saturated heterocycles. The summed E-state index contributed by atoms with van der Waals surface area (Å²) in [6.07, 6.45) is 3.61. The minimum absolute atomic E-state index is 0.293. The molecule has 0 bridgehead atoms. The van der Waals surface area contributed by atoms with E-state index in [-0.39, 0.29) is 0 Å². The SMILES string of the molecule is CC1(C)CCCc2cc(O)ccc21. The highest BCUT2D eigenvalue weighted by atomic mass is 16.3. The second kappa shape index (κ2) is 2.76. The van der Waals surface area contributed by atoms with E-state index < -0.39 is 0 Å². The zero-order chi connectivity index (χ0) is 9.47. The molecule has 1 aliphatic carbocycles. The first-order valence-corrected chi connectivity index (χ1v) is 4.92. The van der Waals surface area contributed by atoms with E-state index in [9.17, 15) is 5.11 Å². The number of phenolic OH excluding ortho intramolecular Hbond substituents is 1. The van der Waals surface area contributed by atoms with Crippen molar-refractivity contribution in [2.45, 2.75) is 38.5 Å². The van der Waals surface area contributed by atoms with Gasteiger partial charge in [0.2, 0.25) is 0 Å². The summed E-state index contributed by atoms with van der Waals surface area (Å²) in [6.45, 7) is 4.56. The molecule has 1 N–H and O–H groups in total. The zero-order valence-electron chi connectivity index (χ0n) is 8.30. The van der Waals surface area contributed by atoms with Gasteiger partial charge in [-0.05, 0) is 47.9 Å². The van der Waals surface area contributed by atoms with Crippen LogP contribution in [0.4, 0.5) is 0 Å². The van der Waals surface area contributed by atoms with Crippen molar-refractivity contribution in [1.29, 1.82) is 0 Å². The fourth-order valence-electron chi connectivity index (χ4n) is 2.30. The van der Waals surface area contributed by atoms with Gasteiger partial charge in [0, 0.05) is 0 Å². The Morgan fingerprint density at radius 1 is 1.31 bits per heavy atom. The van der Waals surface area contributed by atoms with Gasteiger partial charge in [-0.2, -0.15) is 0 Å². The van der Waals surface area contributed by atoms with Crippen molar-refractivity contribution in [3.05, 3.63) is 29.3 Å². The summed E-state index contributed by atoms with van der Waals surface area (Å²) in [5.74, 6) is 0.399. The van der Waals surface area contributed by atoms with E-state index in [4.69, 9.17) is 0 Å². The summed E-state index contributed by atoms with van der Waals surface area (Å²) >= 11 is 0. The van der Waals surface area contributed by atoms with Gasteiger partial charge in [0.25, 0.3) is 0 Å². The van der Waals surface area contributed by atoms with Gasteiger partial charge in [0.1, 0.15) is 5.75 Å². The molecule has 0 radical (unpaired) electrons. The molecule has 1 aliphatic rings. The third kappa shape index (κ3) is 1.43. The van der Waals surface area contributed by atoms with Crippen LogP contribution in [0.2, 0.25) is 0 Å². The smallest absolute Gasteiger partial charge is 0.115 e. The molecule has 2 rings (SSSR count). The van der Waals surface area contributed by atoms with Crippen LogP contribution in [-0.4, -0.2) is 5.11 Å². The van der Waals surface area contributed by atoms with Crippen molar-refractivity contribution in [2.24, 2.45) is 0 Å². The first kappa shape index (κ1) is 8.61. The van der Waals surface area contributed by atoms with Crippen LogP contribution in [0.1, 0.15) is 37.8 Å². The maximum atomic E-state index is 9.36. The average Bonchev–Trinajstić information content (AvgIpc) is 2.02. The van der Waals surface area contributed by atoms with Crippen LogP contribution in [0, 0.1) is 0 Å². The van der Waals surface area contributed by atoms with Gasteiger partial charge >= 0.3 is 0 Å². The molecule has 1 aromatic carbocycles. The Hall–Kier alpha value is -0.980. The van der Waals surface area contributed by atoms with Crippen LogP contribution in [-0.2, 0) is 11.8 Å². The molecule has 0 fully saturated rings. The molecule has 0 spiro atoms. The van der Waals surface area contributed by atoms with Crippen molar-refractivity contribution >= 4 is 0 Å². The summed E-state index contributed by atoms with van der Waals surface area (Å²) in [5.41, 5.74) is 3.04. The van der Waals surface area contributed by atoms with Crippen LogP contribution in [0.3, 0.4) is 0 Å². The minimum Gasteiger partial charge on any atom is -0.508 e. The Balaban J connectivity index is 2.53. The Kier molecular flexibility index (Phi) is 1.83. The molecule has 70 valence electrons. The first-order valence-electron chi connectivity index (χ1n) is 4.92. The van der Waals surface area contributed by atoms with Crippen LogP contribution in [0.15, 0.2) is 18.2 Å². The van der Waals surface area contributed by atoms with Gasteiger partial charge in [-0.15, -0.1) is 0 Å². The van der Waals surface area contributed by atoms with Crippen molar-refractivity contribution in [2.75, 3.05) is 0 Å². The number of fused-ring (bicyclic) bond motifs is 1. The molecule has 1 nitrogen and oxygen atoms in total. The molecule has 0 amide bonds. The van der Waals surface area contributed by atoms with Gasteiger partial charge in [-0.3, -0.25) is 0 Å². The van der Waals surface area contributed by atoms with Crippen LogP contribution < -0.4 is 0 Å². The topological polar surface area (TPSA) is 20.2 Å². The van der Waals surface area contributed by atoms with Crippen molar-refractivity contribution < 1.29 is 5.11 Å². The monoisotopic (exact) mass is 176 g/mol. The maximum absolute atomic E-state index is 9.36. The Morgan fingerprint density at radius 2 is 2.08 bits per heavy atom. The number of aromatic hydroxyl groups is 1. The fourth-order valence-corrected chi connectivity index (χ4v) is 2.30. The lowest BCUT2D eigenvalue weighted by Gasteiger charge is -2.32. The quantitative estimate of drug-likeness (QED) is 0.644. The number of hydrogen-bond donors (Lipinski definition) is 1. The highest BCUT2D eigenvalue weighted by molar-refractivity contribution is 5.40. The summed E-state index contributed by atoms with van der Waals surface area (Å²) in [5, 5.41) is 9.36. The number of aryl methyl sites for hydroxylation is 1. The molecule has 1 heteroatoms. The third-order valence-corrected chi connectivity index (χ3v) is 3.07. The van der Waals surface area contributed by atoms with Crippen molar-refractivity contribution in [1.82, 2.24) is 0 Å². The summed E-state index contributed by atoms with van der Waals surface area (Å²) in [6, 6.07) is 5.78. The van der Waals surface area contributed by atoms with Crippen LogP contribution >= 0.6 is 0 Å². The average molecular weight is 176 g/mol. The number of benzene rings is 1. The molecular weight excluding hydrogens is 160 g/mol. The Labute approximate surface area is 79.4 Å². The van der Waals surface area contributed by atoms with Gasteiger partial charge in [-0.25, -0.2) is 0 Å². The second-order valence-electron chi connectivity index (χ2n) is 4.58. The van der Waals surface area contributed by atoms with Crippen LogP contribution in [0.25, 0.3) is 0 Å². The lowest BCUT2D eigenvalue weighted by Crippen LogP contribution is -2.23. The Morgan fingerprint density at radius 3 is 2.85 bits per heavy atom. The van der Waals surface area contributed by atoms with E-state index >= 15 is 0 Å². The number of hydrogen-bond acceptors (Lipinski definition) is 1. The molecular formula is C12H16O. The van der Waals surface area contributed by atoms with E-state index in [1.165, 1.54) is 24.0 Å². The highest BCUT2D eigenvalue weighted by Crippen LogP contribution is 2.37. The molecule has 13 heavy (non-hydrogen) atoms. The van der Waals surface area contributed by atoms with Gasteiger partial charge in [0.15, 0.2) is 0 Å². The Bertz CT molecular complexity index is 326. The summed E-state index contributed by atoms with van der Waals surface area (Å²) < 4.78 is 0. The second-order valence-corrected chi connectivity index (χ2v) is 4.58. The minimum atomic E-state index is 0.293. The molecule has 0 atom stereocenters. The number of phenols is 1. The lowest BCUT2D eigenvalue weighted by atomic mass is 9.73. The van der Waals surface area contributed by atoms with Gasteiger partial charge in [0.05, 0.1) is 0 Å². The van der Waals surface area contributed by atoms with E-state index in [0.29, 0.717) is 11.2 Å². The standard InChI is InChI=1S/C12H16O/c1-12(2)7-3-4-9-8-10(13)5-6-11(9)12/h5-6,8,13H,3-4,7H2,1-2H3. The van der Waals surface area contributed by atoms with Crippen LogP contribution in [0.5, 0.6) is 5.75 Å². The van der Waals surface area contributed by atoms with E-state index in [1.54, 1.807) is 6.07 Å². The fraction of sp³-hybridized carbons (Fsp3) is 0.500. The highest BCUT2D eigenvalue weighted by Gasteiger charge is 2.26.